The molecule has 0 unspecified atom stereocenters. The molecule has 1 nitrogen and oxygen atoms in total. The Bertz CT molecular complexity index is 527. The van der Waals surface area contributed by atoms with E-state index in [1.807, 2.05) is 18.2 Å². The first-order valence-corrected chi connectivity index (χ1v) is 7.30. The highest BCUT2D eigenvalue weighted by molar-refractivity contribution is 9.08. The van der Waals surface area contributed by atoms with Gasteiger partial charge in [0.25, 0.3) is 0 Å². The molecule has 2 aromatic carbocycles. The smallest absolute Gasteiger partial charge is 0.0426 e. The Kier molecular flexibility index (Phi) is 4.67. The lowest BCUT2D eigenvalue weighted by molar-refractivity contribution is 0.917. The van der Waals surface area contributed by atoms with E-state index in [2.05, 4.69) is 58.2 Å². The summed E-state index contributed by atoms with van der Waals surface area (Å²) >= 11 is 9.53. The third-order valence-corrected chi connectivity index (χ3v) is 3.69. The SMILES string of the molecule is CN(Cc1cccc(Cl)c1)c1ccccc1CBr. The van der Waals surface area contributed by atoms with Gasteiger partial charge in [0.15, 0.2) is 0 Å². The van der Waals surface area contributed by atoms with E-state index < -0.39 is 0 Å². The Morgan fingerprint density at radius 3 is 2.61 bits per heavy atom. The average molecular weight is 325 g/mol. The quantitative estimate of drug-likeness (QED) is 0.725. The molecule has 0 heterocycles. The molecule has 0 aliphatic rings. The van der Waals surface area contributed by atoms with Crippen LogP contribution in [0, 0.1) is 0 Å². The molecule has 0 aliphatic heterocycles. The van der Waals surface area contributed by atoms with Crippen LogP contribution in [0.3, 0.4) is 0 Å². The molecule has 0 aliphatic carbocycles. The molecule has 0 radical (unpaired) electrons. The summed E-state index contributed by atoms with van der Waals surface area (Å²) in [7, 11) is 2.10. The number of para-hydroxylation sites is 1. The Balaban J connectivity index is 2.19. The lowest BCUT2D eigenvalue weighted by Gasteiger charge is -2.22. The number of alkyl halides is 1. The van der Waals surface area contributed by atoms with Crippen molar-refractivity contribution in [3.63, 3.8) is 0 Å². The molecule has 2 rings (SSSR count). The van der Waals surface area contributed by atoms with E-state index in [4.69, 9.17) is 11.6 Å². The van der Waals surface area contributed by atoms with Crippen molar-refractivity contribution in [2.75, 3.05) is 11.9 Å². The fourth-order valence-electron chi connectivity index (χ4n) is 1.99. The summed E-state index contributed by atoms with van der Waals surface area (Å²) in [6, 6.07) is 16.4. The number of hydrogen-bond acceptors (Lipinski definition) is 1. The van der Waals surface area contributed by atoms with Crippen LogP contribution in [0.2, 0.25) is 5.02 Å². The van der Waals surface area contributed by atoms with Crippen molar-refractivity contribution in [1.82, 2.24) is 0 Å². The summed E-state index contributed by atoms with van der Waals surface area (Å²) in [5.41, 5.74) is 3.76. The minimum Gasteiger partial charge on any atom is -0.370 e. The highest BCUT2D eigenvalue weighted by Gasteiger charge is 2.06. The number of nitrogens with zero attached hydrogens (tertiary/aromatic N) is 1. The Labute approximate surface area is 122 Å². The average Bonchev–Trinajstić information content (AvgIpc) is 2.38. The predicted octanol–water partition coefficient (Wildman–Crippen LogP) is 4.87. The van der Waals surface area contributed by atoms with Gasteiger partial charge in [0.05, 0.1) is 0 Å². The van der Waals surface area contributed by atoms with Gasteiger partial charge < -0.3 is 4.90 Å². The van der Waals surface area contributed by atoms with Gasteiger partial charge in [-0.1, -0.05) is 57.9 Å². The van der Waals surface area contributed by atoms with Gasteiger partial charge in [-0.25, -0.2) is 0 Å². The zero-order chi connectivity index (χ0) is 13.0. The monoisotopic (exact) mass is 323 g/mol. The van der Waals surface area contributed by atoms with Crippen LogP contribution in [-0.2, 0) is 11.9 Å². The van der Waals surface area contributed by atoms with Gasteiger partial charge in [-0.2, -0.15) is 0 Å². The van der Waals surface area contributed by atoms with Crippen LogP contribution in [0.15, 0.2) is 48.5 Å². The summed E-state index contributed by atoms with van der Waals surface area (Å²) in [4.78, 5) is 2.24. The number of anilines is 1. The second-order valence-electron chi connectivity index (χ2n) is 4.25. The third-order valence-electron chi connectivity index (χ3n) is 2.86. The summed E-state index contributed by atoms with van der Waals surface area (Å²) in [5, 5.41) is 1.65. The topological polar surface area (TPSA) is 3.24 Å². The van der Waals surface area contributed by atoms with Gasteiger partial charge >= 0.3 is 0 Å². The molecule has 18 heavy (non-hydrogen) atoms. The van der Waals surface area contributed by atoms with Crippen LogP contribution in [-0.4, -0.2) is 7.05 Å². The molecule has 3 heteroatoms. The van der Waals surface area contributed by atoms with Crippen molar-refractivity contribution in [2.45, 2.75) is 11.9 Å². The van der Waals surface area contributed by atoms with E-state index in [1.165, 1.54) is 16.8 Å². The molecule has 0 fully saturated rings. The van der Waals surface area contributed by atoms with E-state index in [9.17, 15) is 0 Å². The van der Waals surface area contributed by atoms with E-state index in [0.29, 0.717) is 0 Å². The maximum Gasteiger partial charge on any atom is 0.0426 e. The lowest BCUT2D eigenvalue weighted by atomic mass is 10.1. The molecule has 0 bridgehead atoms. The summed E-state index contributed by atoms with van der Waals surface area (Å²) in [5.74, 6) is 0. The van der Waals surface area contributed by atoms with E-state index in [1.54, 1.807) is 0 Å². The maximum absolute atomic E-state index is 6.01. The van der Waals surface area contributed by atoms with Crippen molar-refractivity contribution in [3.05, 3.63) is 64.7 Å². The van der Waals surface area contributed by atoms with Crippen LogP contribution >= 0.6 is 27.5 Å². The Morgan fingerprint density at radius 2 is 1.89 bits per heavy atom. The second-order valence-corrected chi connectivity index (χ2v) is 5.25. The summed E-state index contributed by atoms with van der Waals surface area (Å²) < 4.78 is 0. The van der Waals surface area contributed by atoms with Crippen LogP contribution < -0.4 is 4.90 Å². The van der Waals surface area contributed by atoms with Crippen molar-refractivity contribution in [2.24, 2.45) is 0 Å². The summed E-state index contributed by atoms with van der Waals surface area (Å²) in [6.07, 6.45) is 0. The number of rotatable bonds is 4. The van der Waals surface area contributed by atoms with Gasteiger partial charge in [-0.15, -0.1) is 0 Å². The van der Waals surface area contributed by atoms with E-state index >= 15 is 0 Å². The van der Waals surface area contributed by atoms with Gasteiger partial charge in [-0.05, 0) is 29.3 Å². The minimum absolute atomic E-state index is 0.787. The highest BCUT2D eigenvalue weighted by Crippen LogP contribution is 2.23. The number of benzene rings is 2. The zero-order valence-corrected chi connectivity index (χ0v) is 12.6. The molecule has 0 aromatic heterocycles. The number of halogens is 2. The van der Waals surface area contributed by atoms with Crippen molar-refractivity contribution in [3.8, 4) is 0 Å². The minimum atomic E-state index is 0.787. The van der Waals surface area contributed by atoms with Gasteiger partial charge in [-0.3, -0.25) is 0 Å². The maximum atomic E-state index is 6.01. The van der Waals surface area contributed by atoms with Gasteiger partial charge in [0.1, 0.15) is 0 Å². The zero-order valence-electron chi connectivity index (χ0n) is 10.2. The molecule has 2 aromatic rings. The van der Waals surface area contributed by atoms with Crippen molar-refractivity contribution >= 4 is 33.2 Å². The van der Waals surface area contributed by atoms with Crippen LogP contribution in [0.25, 0.3) is 0 Å². The molecule has 0 amide bonds. The molecular formula is C15H15BrClN. The molecule has 0 N–H and O–H groups in total. The fourth-order valence-corrected chi connectivity index (χ4v) is 2.68. The largest absolute Gasteiger partial charge is 0.370 e. The molecular weight excluding hydrogens is 310 g/mol. The normalized spacial score (nSPS) is 10.4. The second kappa shape index (κ2) is 6.26. The van der Waals surface area contributed by atoms with E-state index in [0.717, 1.165) is 16.9 Å². The van der Waals surface area contributed by atoms with Gasteiger partial charge in [0, 0.05) is 29.6 Å². The molecule has 0 saturated carbocycles. The summed E-state index contributed by atoms with van der Waals surface area (Å²) in [6.45, 7) is 0.852. The third kappa shape index (κ3) is 3.27. The molecule has 0 atom stereocenters. The van der Waals surface area contributed by atoms with Crippen LogP contribution in [0.1, 0.15) is 11.1 Å². The Hall–Kier alpha value is -0.990. The first-order chi connectivity index (χ1) is 8.70. The van der Waals surface area contributed by atoms with Gasteiger partial charge in [0.2, 0.25) is 0 Å². The number of hydrogen-bond donors (Lipinski definition) is 0. The van der Waals surface area contributed by atoms with Crippen LogP contribution in [0.5, 0.6) is 0 Å². The van der Waals surface area contributed by atoms with Crippen LogP contribution in [0.4, 0.5) is 5.69 Å². The molecule has 0 spiro atoms. The Morgan fingerprint density at radius 1 is 1.11 bits per heavy atom. The predicted molar refractivity (Wildman–Crippen MR) is 82.6 cm³/mol. The first kappa shape index (κ1) is 13.4. The standard InChI is InChI=1S/C15H15BrClN/c1-18(11-12-5-4-7-14(17)9-12)15-8-3-2-6-13(15)10-16/h2-9H,10-11H2,1H3. The highest BCUT2D eigenvalue weighted by atomic mass is 79.9. The lowest BCUT2D eigenvalue weighted by Crippen LogP contribution is -2.17. The molecule has 94 valence electrons. The fraction of sp³-hybridized carbons (Fsp3) is 0.200. The van der Waals surface area contributed by atoms with Crippen molar-refractivity contribution in [1.29, 1.82) is 0 Å². The van der Waals surface area contributed by atoms with Crippen molar-refractivity contribution < 1.29 is 0 Å². The molecule has 0 saturated heterocycles. The van der Waals surface area contributed by atoms with E-state index in [-0.39, 0.29) is 0 Å². The first-order valence-electron chi connectivity index (χ1n) is 5.80.